The molecule has 1 saturated heterocycles. The fraction of sp³-hybridized carbons (Fsp3) is 0.667. The fourth-order valence-corrected chi connectivity index (χ4v) is 3.85. The number of aromatic nitrogens is 2. The second-order valence-corrected chi connectivity index (χ2v) is 6.70. The van der Waals surface area contributed by atoms with Gasteiger partial charge in [-0.3, -0.25) is 4.79 Å². The highest BCUT2D eigenvalue weighted by molar-refractivity contribution is 7.99. The number of H-pyrrole nitrogens is 1. The van der Waals surface area contributed by atoms with E-state index in [1.165, 1.54) is 11.8 Å². The Bertz CT molecular complexity index is 596. The van der Waals surface area contributed by atoms with Crippen LogP contribution in [0.15, 0.2) is 9.82 Å². The predicted octanol–water partition coefficient (Wildman–Crippen LogP) is 1.04. The van der Waals surface area contributed by atoms with Crippen molar-refractivity contribution in [2.75, 3.05) is 18.9 Å². The summed E-state index contributed by atoms with van der Waals surface area (Å²) in [5.41, 5.74) is 1.79. The van der Waals surface area contributed by atoms with Gasteiger partial charge < -0.3 is 15.0 Å². The highest BCUT2D eigenvalue weighted by atomic mass is 32.2. The molecule has 1 aromatic rings. The molecule has 1 fully saturated rings. The standard InChI is InChI=1S/C15H21N3O3S/c19-13(16-8-10-4-3-7-21-10)9-22-14-11-5-1-2-6-12(11)17-15(20)18-14/h10H,1-9H2,(H,16,19)(H,17,18,20)/t10-/m0/s1. The molecule has 22 heavy (non-hydrogen) atoms. The monoisotopic (exact) mass is 323 g/mol. The Morgan fingerprint density at radius 3 is 3.05 bits per heavy atom. The van der Waals surface area contributed by atoms with E-state index in [0.29, 0.717) is 11.6 Å². The zero-order valence-corrected chi connectivity index (χ0v) is 13.3. The minimum atomic E-state index is -0.317. The Morgan fingerprint density at radius 2 is 2.23 bits per heavy atom. The summed E-state index contributed by atoms with van der Waals surface area (Å²) in [4.78, 5) is 30.4. The summed E-state index contributed by atoms with van der Waals surface area (Å²) < 4.78 is 5.48. The van der Waals surface area contributed by atoms with Gasteiger partial charge in [0.2, 0.25) is 5.91 Å². The Balaban J connectivity index is 1.55. The maximum Gasteiger partial charge on any atom is 0.346 e. The first-order valence-corrected chi connectivity index (χ1v) is 8.84. The molecule has 2 N–H and O–H groups in total. The molecule has 0 unspecified atom stereocenters. The van der Waals surface area contributed by atoms with Crippen molar-refractivity contribution in [2.24, 2.45) is 0 Å². The Labute approximate surface area is 133 Å². The number of aryl methyl sites for hydroxylation is 1. The summed E-state index contributed by atoms with van der Waals surface area (Å²) in [6.45, 7) is 1.36. The lowest BCUT2D eigenvalue weighted by Crippen LogP contribution is -2.33. The van der Waals surface area contributed by atoms with E-state index in [9.17, 15) is 9.59 Å². The van der Waals surface area contributed by atoms with Crippen molar-refractivity contribution in [1.82, 2.24) is 15.3 Å². The van der Waals surface area contributed by atoms with Crippen molar-refractivity contribution in [2.45, 2.75) is 49.7 Å². The Hall–Kier alpha value is -1.34. The summed E-state index contributed by atoms with van der Waals surface area (Å²) in [5.74, 6) is 0.252. The second-order valence-electron chi connectivity index (χ2n) is 5.74. The molecule has 1 atom stereocenters. The summed E-state index contributed by atoms with van der Waals surface area (Å²) in [7, 11) is 0. The van der Waals surface area contributed by atoms with Crippen molar-refractivity contribution in [3.05, 3.63) is 21.7 Å². The molecule has 1 aromatic heterocycles. The normalized spacial score (nSPS) is 20.6. The third-order valence-corrected chi connectivity index (χ3v) is 5.10. The lowest BCUT2D eigenvalue weighted by atomic mass is 9.98. The molecule has 0 radical (unpaired) electrons. The van der Waals surface area contributed by atoms with Crippen LogP contribution in [0, 0.1) is 0 Å². The molecule has 2 heterocycles. The van der Waals surface area contributed by atoms with Crippen LogP contribution in [0.25, 0.3) is 0 Å². The molecule has 0 saturated carbocycles. The molecule has 0 bridgehead atoms. The van der Waals surface area contributed by atoms with Gasteiger partial charge in [0, 0.05) is 24.4 Å². The van der Waals surface area contributed by atoms with Gasteiger partial charge in [-0.15, -0.1) is 0 Å². The van der Waals surface area contributed by atoms with Gasteiger partial charge in [-0.2, -0.15) is 4.98 Å². The molecule has 6 nitrogen and oxygen atoms in total. The van der Waals surface area contributed by atoms with Crippen molar-refractivity contribution in [3.63, 3.8) is 0 Å². The van der Waals surface area contributed by atoms with Crippen molar-refractivity contribution in [1.29, 1.82) is 0 Å². The van der Waals surface area contributed by atoms with Crippen LogP contribution in [-0.2, 0) is 22.4 Å². The third kappa shape index (κ3) is 3.89. The Kier molecular flexibility index (Phi) is 5.15. The van der Waals surface area contributed by atoms with Gasteiger partial charge in [0.15, 0.2) is 0 Å². The molecule has 1 aliphatic heterocycles. The molecule has 7 heteroatoms. The number of fused-ring (bicyclic) bond motifs is 1. The lowest BCUT2D eigenvalue weighted by molar-refractivity contribution is -0.119. The molecule has 2 aliphatic rings. The minimum Gasteiger partial charge on any atom is -0.376 e. The van der Waals surface area contributed by atoms with Crippen molar-refractivity contribution < 1.29 is 9.53 Å². The van der Waals surface area contributed by atoms with Crippen LogP contribution in [0.5, 0.6) is 0 Å². The van der Waals surface area contributed by atoms with Crippen LogP contribution in [0.1, 0.15) is 36.9 Å². The van der Waals surface area contributed by atoms with E-state index in [0.717, 1.165) is 56.4 Å². The number of nitrogens with one attached hydrogen (secondary N) is 2. The van der Waals surface area contributed by atoms with E-state index < -0.39 is 0 Å². The van der Waals surface area contributed by atoms with Crippen LogP contribution in [0.2, 0.25) is 0 Å². The number of rotatable bonds is 5. The number of nitrogens with zero attached hydrogens (tertiary/aromatic N) is 1. The molecule has 120 valence electrons. The molecule has 0 spiro atoms. The Morgan fingerprint density at radius 1 is 1.36 bits per heavy atom. The molecular formula is C15H21N3O3S. The van der Waals surface area contributed by atoms with Gasteiger partial charge >= 0.3 is 5.69 Å². The van der Waals surface area contributed by atoms with Crippen LogP contribution < -0.4 is 11.0 Å². The van der Waals surface area contributed by atoms with E-state index in [1.807, 2.05) is 0 Å². The maximum absolute atomic E-state index is 11.9. The summed E-state index contributed by atoms with van der Waals surface area (Å²) in [5, 5.41) is 3.60. The van der Waals surface area contributed by atoms with E-state index in [-0.39, 0.29) is 23.5 Å². The number of carbonyl (C=O) groups excluding carboxylic acids is 1. The van der Waals surface area contributed by atoms with Crippen LogP contribution in [-0.4, -0.2) is 40.9 Å². The van der Waals surface area contributed by atoms with Crippen molar-refractivity contribution in [3.8, 4) is 0 Å². The summed E-state index contributed by atoms with van der Waals surface area (Å²) >= 11 is 1.36. The highest BCUT2D eigenvalue weighted by Crippen LogP contribution is 2.26. The first-order valence-electron chi connectivity index (χ1n) is 7.85. The van der Waals surface area contributed by atoms with Crippen LogP contribution >= 0.6 is 11.8 Å². The van der Waals surface area contributed by atoms with Crippen molar-refractivity contribution >= 4 is 17.7 Å². The topological polar surface area (TPSA) is 84.1 Å². The molecule has 1 aliphatic carbocycles. The van der Waals surface area contributed by atoms with Gasteiger partial charge in [-0.05, 0) is 38.5 Å². The van der Waals surface area contributed by atoms with E-state index >= 15 is 0 Å². The van der Waals surface area contributed by atoms with Gasteiger partial charge in [-0.25, -0.2) is 4.79 Å². The largest absolute Gasteiger partial charge is 0.376 e. The first kappa shape index (κ1) is 15.6. The smallest absolute Gasteiger partial charge is 0.346 e. The third-order valence-electron chi connectivity index (χ3n) is 4.08. The second kappa shape index (κ2) is 7.28. The average Bonchev–Trinajstić information content (AvgIpc) is 3.04. The quantitative estimate of drug-likeness (QED) is 0.625. The summed E-state index contributed by atoms with van der Waals surface area (Å²) in [6, 6.07) is 0. The van der Waals surface area contributed by atoms with Crippen LogP contribution in [0.3, 0.4) is 0 Å². The first-order chi connectivity index (χ1) is 10.7. The van der Waals surface area contributed by atoms with Gasteiger partial charge in [-0.1, -0.05) is 11.8 Å². The number of carbonyl (C=O) groups is 1. The summed E-state index contributed by atoms with van der Waals surface area (Å²) in [6.07, 6.45) is 6.26. The predicted molar refractivity (Wildman–Crippen MR) is 84.2 cm³/mol. The number of ether oxygens (including phenoxy) is 1. The lowest BCUT2D eigenvalue weighted by Gasteiger charge is -2.17. The fourth-order valence-electron chi connectivity index (χ4n) is 2.93. The SMILES string of the molecule is O=C(CSc1nc(=O)[nH]c2c1CCCC2)NC[C@@H]1CCCO1. The molecule has 1 amide bonds. The zero-order valence-electron chi connectivity index (χ0n) is 12.5. The van der Waals surface area contributed by atoms with Gasteiger partial charge in [0.25, 0.3) is 0 Å². The van der Waals surface area contributed by atoms with E-state index in [4.69, 9.17) is 4.74 Å². The number of hydrogen-bond donors (Lipinski definition) is 2. The van der Waals surface area contributed by atoms with E-state index in [1.54, 1.807) is 0 Å². The maximum atomic E-state index is 11.9. The zero-order chi connectivity index (χ0) is 15.4. The number of hydrogen-bond acceptors (Lipinski definition) is 5. The average molecular weight is 323 g/mol. The number of thioether (sulfide) groups is 1. The van der Waals surface area contributed by atoms with Gasteiger partial charge in [0.05, 0.1) is 11.9 Å². The minimum absolute atomic E-state index is 0.0351. The molecule has 3 rings (SSSR count). The van der Waals surface area contributed by atoms with E-state index in [2.05, 4.69) is 15.3 Å². The molecule has 0 aromatic carbocycles. The van der Waals surface area contributed by atoms with Gasteiger partial charge in [0.1, 0.15) is 5.03 Å². The number of aromatic amines is 1. The molecular weight excluding hydrogens is 302 g/mol. The highest BCUT2D eigenvalue weighted by Gasteiger charge is 2.19. The number of amides is 1. The van der Waals surface area contributed by atoms with Crippen LogP contribution in [0.4, 0.5) is 0 Å².